The summed E-state index contributed by atoms with van der Waals surface area (Å²) >= 11 is 0. The summed E-state index contributed by atoms with van der Waals surface area (Å²) in [6, 6.07) is 58.9. The van der Waals surface area contributed by atoms with E-state index in [-0.39, 0.29) is 0 Å². The Balaban J connectivity index is 1.28. The third kappa shape index (κ3) is 3.98. The molecule has 0 radical (unpaired) electrons. The summed E-state index contributed by atoms with van der Waals surface area (Å²) in [5, 5.41) is 13.0. The van der Waals surface area contributed by atoms with Crippen molar-refractivity contribution < 1.29 is 0 Å². The van der Waals surface area contributed by atoms with Crippen LogP contribution in [0.5, 0.6) is 0 Å². The van der Waals surface area contributed by atoms with Crippen molar-refractivity contribution in [1.29, 1.82) is 0 Å². The SMILES string of the molecule is C1=CC2CC2c2c1c(-c1c3ccccc3c(-c3ccc4ccccc4c3)c3ccccc13)c1ccccc1c2-c1ccc2ccccc2c1. The third-order valence-electron chi connectivity index (χ3n) is 11.3. The number of hydrogen-bond acceptors (Lipinski definition) is 0. The highest BCUT2D eigenvalue weighted by atomic mass is 14.5. The van der Waals surface area contributed by atoms with Crippen molar-refractivity contribution in [3.63, 3.8) is 0 Å². The summed E-state index contributed by atoms with van der Waals surface area (Å²) < 4.78 is 0. The van der Waals surface area contributed by atoms with Crippen LogP contribution in [0.3, 0.4) is 0 Å². The molecule has 1 saturated carbocycles. The lowest BCUT2D eigenvalue weighted by atomic mass is 9.77. The molecule has 0 N–H and O–H groups in total. The molecule has 9 aromatic rings. The van der Waals surface area contributed by atoms with E-state index in [1.54, 1.807) is 0 Å². The van der Waals surface area contributed by atoms with E-state index < -0.39 is 0 Å². The largest absolute Gasteiger partial charge is 0.0802 e. The first kappa shape index (κ1) is 27.0. The molecule has 2 aliphatic rings. The fourth-order valence-electron chi connectivity index (χ4n) is 8.99. The van der Waals surface area contributed by atoms with Crippen LogP contribution in [0.2, 0.25) is 0 Å². The van der Waals surface area contributed by atoms with Crippen LogP contribution >= 0.6 is 0 Å². The minimum Gasteiger partial charge on any atom is -0.0802 e. The van der Waals surface area contributed by atoms with Crippen LogP contribution in [-0.4, -0.2) is 0 Å². The van der Waals surface area contributed by atoms with Gasteiger partial charge in [0.15, 0.2) is 0 Å². The molecule has 9 aromatic carbocycles. The summed E-state index contributed by atoms with van der Waals surface area (Å²) in [5.41, 5.74) is 10.9. The fraction of sp³-hybridized carbons (Fsp3) is 0.0612. The van der Waals surface area contributed by atoms with Crippen molar-refractivity contribution in [2.45, 2.75) is 12.3 Å². The maximum atomic E-state index is 2.49. The van der Waals surface area contributed by atoms with Gasteiger partial charge in [-0.25, -0.2) is 0 Å². The van der Waals surface area contributed by atoms with Gasteiger partial charge in [-0.3, -0.25) is 0 Å². The van der Waals surface area contributed by atoms with Gasteiger partial charge in [-0.15, -0.1) is 0 Å². The van der Waals surface area contributed by atoms with Crippen molar-refractivity contribution in [3.05, 3.63) is 175 Å². The van der Waals surface area contributed by atoms with E-state index in [4.69, 9.17) is 0 Å². The van der Waals surface area contributed by atoms with Gasteiger partial charge in [0.05, 0.1) is 0 Å². The Kier molecular flexibility index (Phi) is 5.66. The lowest BCUT2D eigenvalue weighted by Gasteiger charge is -2.26. The summed E-state index contributed by atoms with van der Waals surface area (Å²) in [7, 11) is 0. The highest BCUT2D eigenvalue weighted by Gasteiger charge is 2.43. The molecule has 0 bridgehead atoms. The normalized spacial score (nSPS) is 16.4. The molecule has 0 aliphatic heterocycles. The summed E-state index contributed by atoms with van der Waals surface area (Å²) in [6.45, 7) is 0. The molecule has 0 nitrogen and oxygen atoms in total. The van der Waals surface area contributed by atoms with Crippen LogP contribution in [0.15, 0.2) is 164 Å². The molecule has 0 heterocycles. The molecule has 49 heavy (non-hydrogen) atoms. The Bertz CT molecular complexity index is 2810. The second kappa shape index (κ2) is 10.3. The fourth-order valence-corrected chi connectivity index (χ4v) is 8.99. The number of hydrogen-bond donors (Lipinski definition) is 0. The number of benzene rings is 9. The van der Waals surface area contributed by atoms with Gasteiger partial charge < -0.3 is 0 Å². The van der Waals surface area contributed by atoms with Gasteiger partial charge in [-0.05, 0) is 129 Å². The summed E-state index contributed by atoms with van der Waals surface area (Å²) in [5.74, 6) is 1.18. The Labute approximate surface area is 285 Å². The number of fused-ring (bicyclic) bond motifs is 8. The van der Waals surface area contributed by atoms with E-state index in [0.717, 1.165) is 0 Å². The van der Waals surface area contributed by atoms with Gasteiger partial charge in [-0.1, -0.05) is 158 Å². The lowest BCUT2D eigenvalue weighted by Crippen LogP contribution is -2.03. The number of rotatable bonds is 3. The molecule has 1 fully saturated rings. The van der Waals surface area contributed by atoms with Crippen LogP contribution in [0.25, 0.3) is 93.3 Å². The first-order valence-corrected chi connectivity index (χ1v) is 17.5. The van der Waals surface area contributed by atoms with Gasteiger partial charge in [0, 0.05) is 0 Å². The monoisotopic (exact) mass is 620 g/mol. The van der Waals surface area contributed by atoms with Crippen LogP contribution in [0, 0.1) is 5.92 Å². The maximum absolute atomic E-state index is 2.49. The summed E-state index contributed by atoms with van der Waals surface area (Å²) in [6.07, 6.45) is 6.18. The van der Waals surface area contributed by atoms with Crippen LogP contribution in [0.4, 0.5) is 0 Å². The average Bonchev–Trinajstić information content (AvgIpc) is 3.96. The Morgan fingerprint density at radius 3 is 1.35 bits per heavy atom. The van der Waals surface area contributed by atoms with Gasteiger partial charge in [-0.2, -0.15) is 0 Å². The highest BCUT2D eigenvalue weighted by Crippen LogP contribution is 2.60. The smallest absolute Gasteiger partial charge is 0.00140 e. The minimum atomic E-state index is 0.555. The molecule has 11 rings (SSSR count). The standard InChI is InChI=1S/C49H32/c1-3-13-32-27-35(23-21-30(32)11-1)45-37-15-5-8-18-40(37)47(41-19-9-6-16-38(41)45)48-42-20-10-7-17-39(42)46(49-43(48)26-25-34-29-44(34)49)36-24-22-31-12-2-4-14-33(31)28-36/h1-28,34,44H,29H2. The highest BCUT2D eigenvalue weighted by molar-refractivity contribution is 6.26. The molecule has 0 heteroatoms. The Morgan fingerprint density at radius 1 is 0.367 bits per heavy atom. The van der Waals surface area contributed by atoms with Gasteiger partial charge in [0.25, 0.3) is 0 Å². The van der Waals surface area contributed by atoms with Crippen molar-refractivity contribution in [1.82, 2.24) is 0 Å². The van der Waals surface area contributed by atoms with Gasteiger partial charge >= 0.3 is 0 Å². The zero-order valence-electron chi connectivity index (χ0n) is 27.0. The van der Waals surface area contributed by atoms with E-state index in [1.807, 2.05) is 0 Å². The molecule has 0 amide bonds. The van der Waals surface area contributed by atoms with Crippen molar-refractivity contribution >= 4 is 59.9 Å². The van der Waals surface area contributed by atoms with Crippen LogP contribution < -0.4 is 0 Å². The predicted molar refractivity (Wildman–Crippen MR) is 210 cm³/mol. The van der Waals surface area contributed by atoms with E-state index in [2.05, 4.69) is 170 Å². The zero-order chi connectivity index (χ0) is 32.1. The topological polar surface area (TPSA) is 0 Å². The average molecular weight is 621 g/mol. The van der Waals surface area contributed by atoms with Crippen molar-refractivity contribution in [2.75, 3.05) is 0 Å². The zero-order valence-corrected chi connectivity index (χ0v) is 27.0. The molecular weight excluding hydrogens is 589 g/mol. The van der Waals surface area contributed by atoms with E-state index >= 15 is 0 Å². The second-order valence-electron chi connectivity index (χ2n) is 14.0. The van der Waals surface area contributed by atoms with Crippen molar-refractivity contribution in [2.24, 2.45) is 5.92 Å². The molecule has 0 aromatic heterocycles. The first-order valence-electron chi connectivity index (χ1n) is 17.5. The molecule has 0 saturated heterocycles. The van der Waals surface area contributed by atoms with Crippen LogP contribution in [-0.2, 0) is 0 Å². The minimum absolute atomic E-state index is 0.555. The lowest BCUT2D eigenvalue weighted by molar-refractivity contribution is 1.00. The molecule has 2 unspecified atom stereocenters. The van der Waals surface area contributed by atoms with Crippen molar-refractivity contribution in [3.8, 4) is 33.4 Å². The van der Waals surface area contributed by atoms with Gasteiger partial charge in [0.2, 0.25) is 0 Å². The molecule has 0 spiro atoms. The second-order valence-corrected chi connectivity index (χ2v) is 14.0. The van der Waals surface area contributed by atoms with E-state index in [9.17, 15) is 0 Å². The quantitative estimate of drug-likeness (QED) is 0.172. The maximum Gasteiger partial charge on any atom is -0.00140 e. The molecule has 228 valence electrons. The van der Waals surface area contributed by atoms with E-state index in [0.29, 0.717) is 11.8 Å². The first-order chi connectivity index (χ1) is 24.3. The molecule has 2 aliphatic carbocycles. The number of allylic oxidation sites excluding steroid dienone is 1. The van der Waals surface area contributed by atoms with Gasteiger partial charge in [0.1, 0.15) is 0 Å². The third-order valence-corrected chi connectivity index (χ3v) is 11.3. The predicted octanol–water partition coefficient (Wildman–Crippen LogP) is 13.6. The molecular formula is C49H32. The van der Waals surface area contributed by atoms with Crippen LogP contribution in [0.1, 0.15) is 23.5 Å². The molecule has 2 atom stereocenters. The Morgan fingerprint density at radius 2 is 0.796 bits per heavy atom. The summed E-state index contributed by atoms with van der Waals surface area (Å²) in [4.78, 5) is 0. The van der Waals surface area contributed by atoms with E-state index in [1.165, 1.54) is 105 Å². The Hall–Kier alpha value is -5.98.